The standard InChI is InChI=1S/C16H18N2O3.ClH/c1-19-13-8-5-9-14(20-2)12(13)10-21-15-7-4-3-6-11(15)16(17)18;/h3-9H,10H2,1-2H3,(H3,17,18);1H. The third-order valence-electron chi connectivity index (χ3n) is 3.08. The molecule has 0 unspecified atom stereocenters. The number of hydrogen-bond acceptors (Lipinski definition) is 4. The van der Waals surface area contributed by atoms with Gasteiger partial charge >= 0.3 is 0 Å². The first-order chi connectivity index (χ1) is 10.2. The Hall–Kier alpha value is -2.40. The van der Waals surface area contributed by atoms with Crippen molar-refractivity contribution in [2.24, 2.45) is 5.73 Å². The summed E-state index contributed by atoms with van der Waals surface area (Å²) in [7, 11) is 3.20. The van der Waals surface area contributed by atoms with Crippen LogP contribution in [0.1, 0.15) is 11.1 Å². The van der Waals surface area contributed by atoms with Gasteiger partial charge in [-0.2, -0.15) is 0 Å². The molecule has 0 aliphatic rings. The van der Waals surface area contributed by atoms with Gasteiger partial charge in [0.25, 0.3) is 0 Å². The highest BCUT2D eigenvalue weighted by Gasteiger charge is 2.12. The Morgan fingerprint density at radius 3 is 2.05 bits per heavy atom. The third kappa shape index (κ3) is 3.83. The molecule has 3 N–H and O–H groups in total. The number of para-hydroxylation sites is 1. The zero-order valence-electron chi connectivity index (χ0n) is 12.5. The number of rotatable bonds is 6. The lowest BCUT2D eigenvalue weighted by Crippen LogP contribution is -2.13. The normalized spacial score (nSPS) is 9.55. The van der Waals surface area contributed by atoms with Gasteiger partial charge in [0.05, 0.1) is 25.3 Å². The lowest BCUT2D eigenvalue weighted by molar-refractivity contribution is 0.286. The summed E-state index contributed by atoms with van der Waals surface area (Å²) in [4.78, 5) is 0. The van der Waals surface area contributed by atoms with Crippen molar-refractivity contribution in [3.8, 4) is 17.2 Å². The molecule has 2 rings (SSSR count). The molecule has 0 saturated carbocycles. The zero-order valence-corrected chi connectivity index (χ0v) is 13.3. The molecule has 0 atom stereocenters. The molecule has 2 aromatic carbocycles. The fourth-order valence-corrected chi connectivity index (χ4v) is 2.04. The van der Waals surface area contributed by atoms with Gasteiger partial charge < -0.3 is 19.9 Å². The van der Waals surface area contributed by atoms with Crippen LogP contribution in [0.5, 0.6) is 17.2 Å². The topological polar surface area (TPSA) is 77.6 Å². The van der Waals surface area contributed by atoms with E-state index in [1.807, 2.05) is 30.3 Å². The molecule has 0 heterocycles. The summed E-state index contributed by atoms with van der Waals surface area (Å²) >= 11 is 0. The lowest BCUT2D eigenvalue weighted by Gasteiger charge is -2.15. The predicted molar refractivity (Wildman–Crippen MR) is 88.6 cm³/mol. The minimum absolute atomic E-state index is 0. The smallest absolute Gasteiger partial charge is 0.130 e. The Bertz CT molecular complexity index is 625. The second-order valence-corrected chi connectivity index (χ2v) is 4.34. The summed E-state index contributed by atoms with van der Waals surface area (Å²) in [5, 5.41) is 7.56. The van der Waals surface area contributed by atoms with Crippen molar-refractivity contribution in [2.45, 2.75) is 6.61 Å². The van der Waals surface area contributed by atoms with Gasteiger partial charge in [-0.15, -0.1) is 12.4 Å². The van der Waals surface area contributed by atoms with Gasteiger partial charge in [0.15, 0.2) is 0 Å². The molecule has 0 aliphatic carbocycles. The van der Waals surface area contributed by atoms with Gasteiger partial charge in [-0.25, -0.2) is 0 Å². The highest BCUT2D eigenvalue weighted by molar-refractivity contribution is 5.97. The van der Waals surface area contributed by atoms with Crippen LogP contribution >= 0.6 is 12.4 Å². The molecule has 0 fully saturated rings. The summed E-state index contributed by atoms with van der Waals surface area (Å²) in [6.07, 6.45) is 0. The highest BCUT2D eigenvalue weighted by Crippen LogP contribution is 2.30. The first-order valence-electron chi connectivity index (χ1n) is 6.43. The number of benzene rings is 2. The van der Waals surface area contributed by atoms with E-state index in [0.717, 1.165) is 5.56 Å². The maximum atomic E-state index is 7.56. The minimum atomic E-state index is -0.0300. The number of methoxy groups -OCH3 is 2. The molecular formula is C16H19ClN2O3. The molecule has 22 heavy (non-hydrogen) atoms. The Morgan fingerprint density at radius 2 is 1.50 bits per heavy atom. The lowest BCUT2D eigenvalue weighted by atomic mass is 10.1. The molecule has 2 aromatic rings. The van der Waals surface area contributed by atoms with E-state index in [1.165, 1.54) is 0 Å². The van der Waals surface area contributed by atoms with Crippen LogP contribution in [-0.4, -0.2) is 20.1 Å². The average molecular weight is 323 g/mol. The van der Waals surface area contributed by atoms with E-state index in [-0.39, 0.29) is 24.8 Å². The second kappa shape index (κ2) is 8.14. The fourth-order valence-electron chi connectivity index (χ4n) is 2.04. The van der Waals surface area contributed by atoms with E-state index >= 15 is 0 Å². The molecule has 0 bridgehead atoms. The SMILES string of the molecule is COc1cccc(OC)c1COc1ccccc1C(=N)N.Cl. The number of amidine groups is 1. The number of hydrogen-bond donors (Lipinski definition) is 2. The van der Waals surface area contributed by atoms with Crippen LogP contribution in [0, 0.1) is 5.41 Å². The van der Waals surface area contributed by atoms with Gasteiger partial charge in [-0.3, -0.25) is 5.41 Å². The number of nitrogens with one attached hydrogen (secondary N) is 1. The maximum Gasteiger partial charge on any atom is 0.130 e. The van der Waals surface area contributed by atoms with Crippen LogP contribution in [-0.2, 0) is 6.61 Å². The summed E-state index contributed by atoms with van der Waals surface area (Å²) in [6.45, 7) is 0.261. The van der Waals surface area contributed by atoms with E-state index < -0.39 is 0 Å². The molecule has 0 aliphatic heterocycles. The van der Waals surface area contributed by atoms with Crippen molar-refractivity contribution in [2.75, 3.05) is 14.2 Å². The van der Waals surface area contributed by atoms with Gasteiger partial charge in [0.2, 0.25) is 0 Å². The first kappa shape index (κ1) is 17.7. The second-order valence-electron chi connectivity index (χ2n) is 4.34. The first-order valence-corrected chi connectivity index (χ1v) is 6.43. The van der Waals surface area contributed by atoms with E-state index in [9.17, 15) is 0 Å². The van der Waals surface area contributed by atoms with Crippen LogP contribution < -0.4 is 19.9 Å². The van der Waals surface area contributed by atoms with Gasteiger partial charge in [0, 0.05) is 0 Å². The zero-order chi connectivity index (χ0) is 15.2. The van der Waals surface area contributed by atoms with Crippen LogP contribution in [0.15, 0.2) is 42.5 Å². The molecule has 118 valence electrons. The van der Waals surface area contributed by atoms with Crippen molar-refractivity contribution in [1.82, 2.24) is 0 Å². The Morgan fingerprint density at radius 1 is 0.955 bits per heavy atom. The number of nitrogen functional groups attached to an aromatic ring is 1. The van der Waals surface area contributed by atoms with E-state index in [4.69, 9.17) is 25.4 Å². The summed E-state index contributed by atoms with van der Waals surface area (Å²) in [6, 6.07) is 12.7. The minimum Gasteiger partial charge on any atom is -0.496 e. The Kier molecular flexibility index (Phi) is 6.53. The maximum absolute atomic E-state index is 7.56. The van der Waals surface area contributed by atoms with Crippen molar-refractivity contribution in [3.63, 3.8) is 0 Å². The Balaban J connectivity index is 0.00000242. The molecule has 0 spiro atoms. The van der Waals surface area contributed by atoms with Crippen LogP contribution in [0.4, 0.5) is 0 Å². The van der Waals surface area contributed by atoms with Crippen LogP contribution in [0.25, 0.3) is 0 Å². The third-order valence-corrected chi connectivity index (χ3v) is 3.08. The van der Waals surface area contributed by atoms with Crippen LogP contribution in [0.2, 0.25) is 0 Å². The van der Waals surface area contributed by atoms with Crippen molar-refractivity contribution in [1.29, 1.82) is 5.41 Å². The van der Waals surface area contributed by atoms with E-state index in [2.05, 4.69) is 0 Å². The van der Waals surface area contributed by atoms with Crippen molar-refractivity contribution >= 4 is 18.2 Å². The van der Waals surface area contributed by atoms with E-state index in [0.29, 0.717) is 22.8 Å². The summed E-state index contributed by atoms with van der Waals surface area (Å²) in [5.41, 5.74) is 6.92. The molecule has 5 nitrogen and oxygen atoms in total. The molecule has 0 saturated heterocycles. The monoisotopic (exact) mass is 322 g/mol. The quantitative estimate of drug-likeness (QED) is 0.633. The highest BCUT2D eigenvalue weighted by atomic mass is 35.5. The predicted octanol–water partition coefficient (Wildman–Crippen LogP) is 2.99. The summed E-state index contributed by atoms with van der Waals surface area (Å²) in [5.74, 6) is 1.90. The molecular weight excluding hydrogens is 304 g/mol. The molecule has 6 heteroatoms. The summed E-state index contributed by atoms with van der Waals surface area (Å²) < 4.78 is 16.4. The van der Waals surface area contributed by atoms with Crippen LogP contribution in [0.3, 0.4) is 0 Å². The van der Waals surface area contributed by atoms with Gasteiger partial charge in [0.1, 0.15) is 29.7 Å². The molecule has 0 amide bonds. The Labute approximate surface area is 135 Å². The average Bonchev–Trinajstić information content (AvgIpc) is 2.52. The molecule has 0 aromatic heterocycles. The number of nitrogens with two attached hydrogens (primary N) is 1. The van der Waals surface area contributed by atoms with Gasteiger partial charge in [-0.1, -0.05) is 18.2 Å². The van der Waals surface area contributed by atoms with Crippen molar-refractivity contribution < 1.29 is 14.2 Å². The number of ether oxygens (including phenoxy) is 3. The van der Waals surface area contributed by atoms with Gasteiger partial charge in [-0.05, 0) is 24.3 Å². The van der Waals surface area contributed by atoms with Crippen molar-refractivity contribution in [3.05, 3.63) is 53.6 Å². The largest absolute Gasteiger partial charge is 0.496 e. The van der Waals surface area contributed by atoms with E-state index in [1.54, 1.807) is 26.4 Å². The number of halogens is 1. The fraction of sp³-hybridized carbons (Fsp3) is 0.188. The molecule has 0 radical (unpaired) electrons.